The van der Waals surface area contributed by atoms with Gasteiger partial charge in [-0.15, -0.1) is 0 Å². The Morgan fingerprint density at radius 1 is 0.900 bits per heavy atom. The van der Waals surface area contributed by atoms with Crippen LogP contribution in [-0.2, 0) is 14.4 Å². The predicted octanol–water partition coefficient (Wildman–Crippen LogP) is 3.58. The lowest BCUT2D eigenvalue weighted by molar-refractivity contribution is -0.141. The van der Waals surface area contributed by atoms with Gasteiger partial charge in [0.1, 0.15) is 12.1 Å². The summed E-state index contributed by atoms with van der Waals surface area (Å²) in [6, 6.07) is -0.626. The highest BCUT2D eigenvalue weighted by Crippen LogP contribution is 2.40. The van der Waals surface area contributed by atoms with Crippen molar-refractivity contribution in [2.45, 2.75) is 133 Å². The predicted molar refractivity (Wildman–Crippen MR) is 153 cm³/mol. The topological polar surface area (TPSA) is 93.2 Å². The maximum absolute atomic E-state index is 14.1. The molecule has 0 bridgehead atoms. The first-order chi connectivity index (χ1) is 19.4. The molecule has 3 aliphatic carbocycles. The van der Waals surface area contributed by atoms with Gasteiger partial charge < -0.3 is 25.1 Å². The molecule has 222 valence electrons. The van der Waals surface area contributed by atoms with E-state index in [4.69, 9.17) is 0 Å². The molecule has 2 saturated heterocycles. The zero-order valence-corrected chi connectivity index (χ0v) is 24.4. The number of likely N-dealkylation sites (tertiary alicyclic amines) is 2. The van der Waals surface area contributed by atoms with E-state index in [2.05, 4.69) is 15.1 Å². The molecule has 3 heterocycles. The van der Waals surface area contributed by atoms with Gasteiger partial charge in [0.25, 0.3) is 5.91 Å². The number of aliphatic hydroxyl groups is 1. The van der Waals surface area contributed by atoms with Crippen molar-refractivity contribution >= 4 is 17.7 Å². The van der Waals surface area contributed by atoms with Gasteiger partial charge >= 0.3 is 0 Å². The molecule has 7 atom stereocenters. The van der Waals surface area contributed by atoms with Crippen LogP contribution in [-0.4, -0.2) is 87.9 Å². The van der Waals surface area contributed by atoms with Crippen LogP contribution in [0.25, 0.3) is 0 Å². The van der Waals surface area contributed by atoms with E-state index >= 15 is 0 Å². The second-order valence-electron chi connectivity index (χ2n) is 13.8. The van der Waals surface area contributed by atoms with E-state index in [9.17, 15) is 19.5 Å². The number of amides is 3. The zero-order valence-electron chi connectivity index (χ0n) is 24.4. The Kier molecular flexibility index (Phi) is 8.43. The van der Waals surface area contributed by atoms with E-state index in [1.54, 1.807) is 4.90 Å². The van der Waals surface area contributed by atoms with Gasteiger partial charge in [-0.25, -0.2) is 0 Å². The molecule has 3 aliphatic heterocycles. The van der Waals surface area contributed by atoms with Gasteiger partial charge in [-0.2, -0.15) is 0 Å². The molecule has 40 heavy (non-hydrogen) atoms. The Bertz CT molecular complexity index is 993. The quantitative estimate of drug-likeness (QED) is 0.542. The first kappa shape index (κ1) is 28.0. The molecule has 5 fully saturated rings. The van der Waals surface area contributed by atoms with Crippen LogP contribution in [0.4, 0.5) is 0 Å². The average molecular weight is 555 g/mol. The number of rotatable bonds is 5. The van der Waals surface area contributed by atoms with Crippen LogP contribution >= 0.6 is 0 Å². The first-order valence-electron chi connectivity index (χ1n) is 16.4. The number of hydrogen-bond acceptors (Lipinski definition) is 5. The van der Waals surface area contributed by atoms with Crippen molar-refractivity contribution in [1.82, 2.24) is 20.0 Å². The van der Waals surface area contributed by atoms with E-state index in [0.29, 0.717) is 30.3 Å². The maximum Gasteiger partial charge on any atom is 0.252 e. The monoisotopic (exact) mass is 554 g/mol. The average Bonchev–Trinajstić information content (AvgIpc) is 3.50. The van der Waals surface area contributed by atoms with Gasteiger partial charge in [-0.1, -0.05) is 44.9 Å². The van der Waals surface area contributed by atoms with Crippen LogP contribution in [0, 0.1) is 17.8 Å². The molecule has 3 amide bonds. The van der Waals surface area contributed by atoms with Crippen LogP contribution in [0.3, 0.4) is 0 Å². The molecule has 0 aromatic heterocycles. The van der Waals surface area contributed by atoms with Crippen molar-refractivity contribution in [1.29, 1.82) is 0 Å². The largest absolute Gasteiger partial charge is 0.391 e. The normalized spacial score (nSPS) is 37.0. The minimum Gasteiger partial charge on any atom is -0.391 e. The number of hydrogen-bond donors (Lipinski definition) is 2. The van der Waals surface area contributed by atoms with E-state index < -0.39 is 18.2 Å². The highest BCUT2D eigenvalue weighted by molar-refractivity contribution is 5.99. The lowest BCUT2D eigenvalue weighted by atomic mass is 9.81. The van der Waals surface area contributed by atoms with E-state index in [1.807, 2.05) is 13.2 Å². The zero-order chi connectivity index (χ0) is 27.8. The Morgan fingerprint density at radius 3 is 2.40 bits per heavy atom. The minimum atomic E-state index is -0.735. The summed E-state index contributed by atoms with van der Waals surface area (Å²) in [5.41, 5.74) is 0.785. The third-order valence-electron chi connectivity index (χ3n) is 11.3. The van der Waals surface area contributed by atoms with Gasteiger partial charge in [0.05, 0.1) is 6.10 Å². The molecule has 0 aromatic rings. The van der Waals surface area contributed by atoms with E-state index in [0.717, 1.165) is 44.2 Å². The minimum absolute atomic E-state index is 0.0786. The van der Waals surface area contributed by atoms with Crippen molar-refractivity contribution in [3.05, 3.63) is 11.8 Å². The molecule has 3 saturated carbocycles. The maximum atomic E-state index is 14.1. The molecule has 8 heteroatoms. The molecule has 0 radical (unpaired) electrons. The second-order valence-corrected chi connectivity index (χ2v) is 13.8. The van der Waals surface area contributed by atoms with Gasteiger partial charge in [0, 0.05) is 56.3 Å². The third-order valence-corrected chi connectivity index (χ3v) is 11.3. The number of aliphatic hydroxyl groups excluding tert-OH is 1. The number of nitrogens with zero attached hydrogens (tertiary/aromatic N) is 3. The Hall–Kier alpha value is -2.09. The second kappa shape index (κ2) is 12.0. The Balaban J connectivity index is 1.17. The van der Waals surface area contributed by atoms with Crippen molar-refractivity contribution in [2.24, 2.45) is 17.8 Å². The van der Waals surface area contributed by atoms with Crippen LogP contribution in [0.5, 0.6) is 0 Å². The SMILES string of the molecule is CN1C=C(C(=O)N2CC(O)C[C@H]2C(=O)NC2CCC3CCCCC3N(CC3CCCCC3)C2=O)C2CCCCC21. The smallest absolute Gasteiger partial charge is 0.252 e. The molecule has 0 aromatic carbocycles. The van der Waals surface area contributed by atoms with Gasteiger partial charge in [0.2, 0.25) is 11.8 Å². The highest BCUT2D eigenvalue weighted by Gasteiger charge is 2.46. The molecule has 6 aliphatic rings. The summed E-state index contributed by atoms with van der Waals surface area (Å²) in [5.74, 6) is 0.967. The number of fused-ring (bicyclic) bond motifs is 2. The summed E-state index contributed by atoms with van der Waals surface area (Å²) in [6.45, 7) is 0.995. The molecule has 8 nitrogen and oxygen atoms in total. The molecule has 2 N–H and O–H groups in total. The van der Waals surface area contributed by atoms with Crippen LogP contribution < -0.4 is 5.32 Å². The summed E-state index contributed by atoms with van der Waals surface area (Å²) in [6.07, 6.45) is 18.3. The number of nitrogens with one attached hydrogen (secondary N) is 1. The summed E-state index contributed by atoms with van der Waals surface area (Å²) in [5, 5.41) is 13.7. The molecule has 6 rings (SSSR count). The Labute approximate surface area is 239 Å². The highest BCUT2D eigenvalue weighted by atomic mass is 16.3. The fourth-order valence-corrected chi connectivity index (χ4v) is 9.12. The lowest BCUT2D eigenvalue weighted by Crippen LogP contribution is -2.56. The van der Waals surface area contributed by atoms with Gasteiger partial charge in [-0.05, 0) is 63.2 Å². The third kappa shape index (κ3) is 5.54. The van der Waals surface area contributed by atoms with Crippen molar-refractivity contribution in [3.8, 4) is 0 Å². The van der Waals surface area contributed by atoms with Crippen LogP contribution in [0.2, 0.25) is 0 Å². The number of carbonyl (C=O) groups is 3. The summed E-state index contributed by atoms with van der Waals surface area (Å²) in [7, 11) is 2.04. The lowest BCUT2D eigenvalue weighted by Gasteiger charge is -2.41. The molecule has 6 unspecified atom stereocenters. The fourth-order valence-electron chi connectivity index (χ4n) is 9.12. The first-order valence-corrected chi connectivity index (χ1v) is 16.4. The summed E-state index contributed by atoms with van der Waals surface area (Å²) < 4.78 is 0. The molecule has 0 spiro atoms. The van der Waals surface area contributed by atoms with Crippen molar-refractivity contribution in [3.63, 3.8) is 0 Å². The Morgan fingerprint density at radius 2 is 1.60 bits per heavy atom. The standard InChI is InChI=1S/C32H50N4O4/c1-34-20-25(24-12-6-8-14-28(24)34)31(39)36-19-23(37)17-29(36)30(38)33-26-16-15-22-11-5-7-13-27(22)35(32(26)40)18-21-9-3-2-4-10-21/h20-24,26-29,37H,2-19H2,1H3,(H,33,38)/t22?,23?,24?,26?,27?,28?,29-/m0/s1. The summed E-state index contributed by atoms with van der Waals surface area (Å²) >= 11 is 0. The van der Waals surface area contributed by atoms with Crippen LogP contribution in [0.1, 0.15) is 103 Å². The van der Waals surface area contributed by atoms with Crippen molar-refractivity contribution in [2.75, 3.05) is 20.1 Å². The summed E-state index contributed by atoms with van der Waals surface area (Å²) in [4.78, 5) is 47.6. The van der Waals surface area contributed by atoms with Gasteiger partial charge in [0.15, 0.2) is 0 Å². The van der Waals surface area contributed by atoms with Crippen molar-refractivity contribution < 1.29 is 19.5 Å². The number of β-amino-alcohol motifs (C(OH)–C–C–N with tert-alkyl or cyclic N) is 1. The van der Waals surface area contributed by atoms with Gasteiger partial charge in [-0.3, -0.25) is 14.4 Å². The van der Waals surface area contributed by atoms with E-state index in [1.165, 1.54) is 57.8 Å². The van der Waals surface area contributed by atoms with E-state index in [-0.39, 0.29) is 36.6 Å². The van der Waals surface area contributed by atoms with Crippen LogP contribution in [0.15, 0.2) is 11.8 Å². The molecular formula is C32H50N4O4. The fraction of sp³-hybridized carbons (Fsp3) is 0.844. The molecular weight excluding hydrogens is 504 g/mol. The number of carbonyl (C=O) groups excluding carboxylic acids is 3.